The highest BCUT2D eigenvalue weighted by Gasteiger charge is 2.46. The van der Waals surface area contributed by atoms with E-state index in [1.54, 1.807) is 7.11 Å². The fourth-order valence-corrected chi connectivity index (χ4v) is 19.5. The zero-order valence-corrected chi connectivity index (χ0v) is 16.4. The summed E-state index contributed by atoms with van der Waals surface area (Å²) in [5.41, 5.74) is 0. The smallest absolute Gasteiger partial charge is 0.0781 e. The van der Waals surface area contributed by atoms with Gasteiger partial charge in [0.2, 0.25) is 0 Å². The third-order valence-corrected chi connectivity index (χ3v) is 21.1. The van der Waals surface area contributed by atoms with Crippen LogP contribution in [-0.4, -0.2) is 23.3 Å². The molecular formula is C16H36OSi2. The molecule has 0 aromatic rings. The van der Waals surface area contributed by atoms with Crippen LogP contribution in [0.1, 0.15) is 41.5 Å². The molecule has 0 spiro atoms. The number of hydrogen-bond acceptors (Lipinski definition) is 1. The van der Waals surface area contributed by atoms with Gasteiger partial charge in [-0.25, -0.2) is 0 Å². The van der Waals surface area contributed by atoms with Crippen LogP contribution in [-0.2, 0) is 4.74 Å². The Labute approximate surface area is 123 Å². The van der Waals surface area contributed by atoms with Crippen molar-refractivity contribution in [2.45, 2.75) is 83.0 Å². The summed E-state index contributed by atoms with van der Waals surface area (Å²) >= 11 is 0. The molecule has 0 saturated heterocycles. The van der Waals surface area contributed by atoms with Crippen molar-refractivity contribution in [2.24, 2.45) is 0 Å². The molecule has 0 amide bonds. The first-order chi connectivity index (χ1) is 9.06. The zero-order valence-electron chi connectivity index (χ0n) is 14.4. The standard InChI is InChI=1S/C16H36OSi2/c1-8-18(9-2,10-3)16(14-15-17-7)19(11-4,12-5)13-6/h14-16H,8-13H2,1-7H3/b15-14-. The van der Waals surface area contributed by atoms with Crippen LogP contribution in [0.4, 0.5) is 0 Å². The first kappa shape index (κ1) is 19.0. The van der Waals surface area contributed by atoms with E-state index in [1.165, 1.54) is 36.3 Å². The molecule has 0 aromatic carbocycles. The van der Waals surface area contributed by atoms with Gasteiger partial charge in [0, 0.05) is 0 Å². The van der Waals surface area contributed by atoms with Crippen molar-refractivity contribution in [1.82, 2.24) is 0 Å². The van der Waals surface area contributed by atoms with E-state index in [4.69, 9.17) is 4.74 Å². The Bertz CT molecular complexity index is 219. The van der Waals surface area contributed by atoms with Crippen LogP contribution < -0.4 is 0 Å². The summed E-state index contributed by atoms with van der Waals surface area (Å²) in [6, 6.07) is 8.54. The van der Waals surface area contributed by atoms with Crippen LogP contribution in [0.25, 0.3) is 0 Å². The Morgan fingerprint density at radius 3 is 1.26 bits per heavy atom. The average Bonchev–Trinajstić information content (AvgIpc) is 2.48. The molecule has 0 atom stereocenters. The lowest BCUT2D eigenvalue weighted by Gasteiger charge is -2.46. The second-order valence-electron chi connectivity index (χ2n) is 5.89. The summed E-state index contributed by atoms with van der Waals surface area (Å²) in [5, 5.41) is 0.889. The van der Waals surface area contributed by atoms with Gasteiger partial charge in [0.25, 0.3) is 0 Å². The van der Waals surface area contributed by atoms with Crippen molar-refractivity contribution in [3.05, 3.63) is 12.3 Å². The molecule has 0 unspecified atom stereocenters. The predicted molar refractivity (Wildman–Crippen MR) is 94.3 cm³/mol. The summed E-state index contributed by atoms with van der Waals surface area (Å²) in [7, 11) is -0.590. The molecule has 0 aromatic heterocycles. The van der Waals surface area contributed by atoms with Crippen LogP contribution in [0.2, 0.25) is 41.4 Å². The van der Waals surface area contributed by atoms with Gasteiger partial charge in [-0.1, -0.05) is 83.9 Å². The van der Waals surface area contributed by atoms with Gasteiger partial charge in [-0.3, -0.25) is 0 Å². The van der Waals surface area contributed by atoms with Crippen molar-refractivity contribution in [2.75, 3.05) is 7.11 Å². The number of rotatable bonds is 10. The fourth-order valence-electron chi connectivity index (χ4n) is 4.03. The number of methoxy groups -OCH3 is 1. The first-order valence-corrected chi connectivity index (χ1v) is 13.6. The van der Waals surface area contributed by atoms with Crippen molar-refractivity contribution < 1.29 is 4.74 Å². The van der Waals surface area contributed by atoms with Gasteiger partial charge in [0.05, 0.1) is 29.5 Å². The third-order valence-electron chi connectivity index (χ3n) is 5.95. The van der Waals surface area contributed by atoms with E-state index in [-0.39, 0.29) is 0 Å². The van der Waals surface area contributed by atoms with Crippen LogP contribution in [0, 0.1) is 0 Å². The molecule has 0 aliphatic rings. The monoisotopic (exact) mass is 300 g/mol. The minimum Gasteiger partial charge on any atom is -0.505 e. The molecule has 1 nitrogen and oxygen atoms in total. The summed E-state index contributed by atoms with van der Waals surface area (Å²) in [5.74, 6) is 0. The molecule has 114 valence electrons. The lowest BCUT2D eigenvalue weighted by Crippen LogP contribution is -2.51. The zero-order chi connectivity index (χ0) is 14.9. The molecule has 0 rings (SSSR count). The molecule has 0 bridgehead atoms. The Kier molecular flexibility index (Phi) is 9.00. The summed E-state index contributed by atoms with van der Waals surface area (Å²) in [6.07, 6.45) is 4.46. The molecular weight excluding hydrogens is 264 g/mol. The normalized spacial score (nSPS) is 13.5. The predicted octanol–water partition coefficient (Wildman–Crippen LogP) is 6.07. The van der Waals surface area contributed by atoms with Crippen LogP contribution in [0.3, 0.4) is 0 Å². The second kappa shape index (κ2) is 9.01. The number of hydrogen-bond donors (Lipinski definition) is 0. The quantitative estimate of drug-likeness (QED) is 0.351. The second-order valence-corrected chi connectivity index (χ2v) is 17.4. The number of allylic oxidation sites excluding steroid dienone is 1. The maximum Gasteiger partial charge on any atom is 0.0781 e. The number of ether oxygens (including phenoxy) is 1. The third kappa shape index (κ3) is 3.97. The highest BCUT2D eigenvalue weighted by molar-refractivity contribution is 7.00. The summed E-state index contributed by atoms with van der Waals surface area (Å²) in [4.78, 5) is 0. The molecule has 0 N–H and O–H groups in total. The SMILES string of the molecule is CC[Si](CC)(CC)C(/C=C\OC)[Si](CC)(CC)CC. The minimum absolute atomic E-state index is 0.889. The van der Waals surface area contributed by atoms with Crippen molar-refractivity contribution >= 4 is 16.1 Å². The van der Waals surface area contributed by atoms with Gasteiger partial charge < -0.3 is 4.74 Å². The van der Waals surface area contributed by atoms with E-state index in [0.29, 0.717) is 0 Å². The van der Waals surface area contributed by atoms with Crippen LogP contribution >= 0.6 is 0 Å². The highest BCUT2D eigenvalue weighted by atomic mass is 28.4. The summed E-state index contributed by atoms with van der Waals surface area (Å²) < 4.78 is 5.29. The van der Waals surface area contributed by atoms with Gasteiger partial charge >= 0.3 is 0 Å². The van der Waals surface area contributed by atoms with E-state index in [0.717, 1.165) is 5.16 Å². The largest absolute Gasteiger partial charge is 0.505 e. The highest BCUT2D eigenvalue weighted by Crippen LogP contribution is 2.45. The fraction of sp³-hybridized carbons (Fsp3) is 0.875. The van der Waals surface area contributed by atoms with Gasteiger partial charge in [0.15, 0.2) is 0 Å². The van der Waals surface area contributed by atoms with E-state index in [1.807, 2.05) is 6.26 Å². The van der Waals surface area contributed by atoms with E-state index in [2.05, 4.69) is 47.6 Å². The molecule has 0 aliphatic heterocycles. The maximum absolute atomic E-state index is 5.29. The molecule has 0 heterocycles. The van der Waals surface area contributed by atoms with Gasteiger partial charge in [-0.2, -0.15) is 0 Å². The lowest BCUT2D eigenvalue weighted by molar-refractivity contribution is 0.337. The molecule has 19 heavy (non-hydrogen) atoms. The molecule has 3 heteroatoms. The van der Waals surface area contributed by atoms with Gasteiger partial charge in [-0.15, -0.1) is 0 Å². The van der Waals surface area contributed by atoms with E-state index in [9.17, 15) is 0 Å². The maximum atomic E-state index is 5.29. The van der Waals surface area contributed by atoms with E-state index < -0.39 is 16.1 Å². The molecule has 0 aliphatic carbocycles. The van der Waals surface area contributed by atoms with Crippen LogP contribution in [0.5, 0.6) is 0 Å². The molecule has 0 radical (unpaired) electrons. The van der Waals surface area contributed by atoms with Crippen molar-refractivity contribution in [3.63, 3.8) is 0 Å². The minimum atomic E-state index is -1.19. The molecule has 0 saturated carbocycles. The molecule has 0 fully saturated rings. The van der Waals surface area contributed by atoms with Crippen LogP contribution in [0.15, 0.2) is 12.3 Å². The average molecular weight is 301 g/mol. The Morgan fingerprint density at radius 1 is 0.737 bits per heavy atom. The van der Waals surface area contributed by atoms with E-state index >= 15 is 0 Å². The van der Waals surface area contributed by atoms with Gasteiger partial charge in [0.1, 0.15) is 0 Å². The van der Waals surface area contributed by atoms with Gasteiger partial charge in [-0.05, 0) is 5.16 Å². The van der Waals surface area contributed by atoms with Crippen molar-refractivity contribution in [3.8, 4) is 0 Å². The Hall–Kier alpha value is -0.0262. The summed E-state index contributed by atoms with van der Waals surface area (Å²) in [6.45, 7) is 14.6. The first-order valence-electron chi connectivity index (χ1n) is 8.25. The lowest BCUT2D eigenvalue weighted by atomic mass is 10.7. The topological polar surface area (TPSA) is 9.23 Å². The Balaban J connectivity index is 5.70. The Morgan fingerprint density at radius 2 is 1.05 bits per heavy atom. The van der Waals surface area contributed by atoms with Crippen molar-refractivity contribution in [1.29, 1.82) is 0 Å².